The normalized spacial score (nSPS) is 15.5. The Kier molecular flexibility index (Phi) is 7.18. The van der Waals surface area contributed by atoms with Crippen LogP contribution >= 0.6 is 22.7 Å². The molecule has 0 radical (unpaired) electrons. The fourth-order valence-corrected chi connectivity index (χ4v) is 6.67. The first-order valence-electron chi connectivity index (χ1n) is 12.3. The van der Waals surface area contributed by atoms with Gasteiger partial charge in [0, 0.05) is 27.0 Å². The van der Waals surface area contributed by atoms with Gasteiger partial charge in [-0.05, 0) is 51.3 Å². The second-order valence-electron chi connectivity index (χ2n) is 8.73. The molecule has 8 nitrogen and oxygen atoms in total. The molecule has 5 rings (SSSR count). The lowest BCUT2D eigenvalue weighted by atomic mass is 10.0. The van der Waals surface area contributed by atoms with E-state index in [0.29, 0.717) is 27.2 Å². The first kappa shape index (κ1) is 25.9. The van der Waals surface area contributed by atoms with Crippen LogP contribution in [-0.4, -0.2) is 34.3 Å². The van der Waals surface area contributed by atoms with Gasteiger partial charge < -0.3 is 14.0 Å². The van der Waals surface area contributed by atoms with Crippen LogP contribution in [0.4, 0.5) is 0 Å². The van der Waals surface area contributed by atoms with Gasteiger partial charge in [0.2, 0.25) is 0 Å². The van der Waals surface area contributed by atoms with E-state index in [9.17, 15) is 14.4 Å². The van der Waals surface area contributed by atoms with Crippen molar-refractivity contribution in [3.05, 3.63) is 88.9 Å². The highest BCUT2D eigenvalue weighted by atomic mass is 32.1. The summed E-state index contributed by atoms with van der Waals surface area (Å²) in [5.41, 5.74) is 3.26. The number of para-hydroxylation sites is 1. The number of allylic oxidation sites excluding steroid dienone is 1. The molecule has 1 aliphatic rings. The van der Waals surface area contributed by atoms with E-state index in [1.54, 1.807) is 25.3 Å². The molecule has 4 heterocycles. The number of thiophene rings is 1. The number of thiazole rings is 1. The van der Waals surface area contributed by atoms with E-state index in [1.807, 2.05) is 59.3 Å². The number of ether oxygens (including phenoxy) is 2. The molecule has 1 aliphatic heterocycles. The van der Waals surface area contributed by atoms with Gasteiger partial charge in [-0.15, -0.1) is 11.3 Å². The maximum Gasteiger partial charge on any atom is 0.338 e. The zero-order chi connectivity index (χ0) is 27.0. The topological polar surface area (TPSA) is 91.9 Å². The Morgan fingerprint density at radius 2 is 1.84 bits per heavy atom. The van der Waals surface area contributed by atoms with Crippen LogP contribution in [0.15, 0.2) is 62.8 Å². The summed E-state index contributed by atoms with van der Waals surface area (Å²) in [6, 6.07) is 11.0. The minimum Gasteiger partial charge on any atom is -0.465 e. The Labute approximate surface area is 226 Å². The van der Waals surface area contributed by atoms with Crippen molar-refractivity contribution in [3.8, 4) is 0 Å². The summed E-state index contributed by atoms with van der Waals surface area (Å²) in [5.74, 6) is -0.792. The van der Waals surface area contributed by atoms with E-state index >= 15 is 0 Å². The molecule has 4 aromatic rings. The van der Waals surface area contributed by atoms with Gasteiger partial charge in [0.1, 0.15) is 12.6 Å². The number of rotatable bonds is 7. The molecule has 0 N–H and O–H groups in total. The Morgan fingerprint density at radius 1 is 1.08 bits per heavy atom. The zero-order valence-corrected chi connectivity index (χ0v) is 23.1. The quantitative estimate of drug-likeness (QED) is 0.328. The summed E-state index contributed by atoms with van der Waals surface area (Å²) in [6.45, 7) is 7.86. The summed E-state index contributed by atoms with van der Waals surface area (Å²) in [7, 11) is 0. The van der Waals surface area contributed by atoms with E-state index in [4.69, 9.17) is 9.47 Å². The van der Waals surface area contributed by atoms with Crippen molar-refractivity contribution in [2.45, 2.75) is 40.3 Å². The van der Waals surface area contributed by atoms with Gasteiger partial charge in [-0.25, -0.2) is 9.79 Å². The number of carbonyl (C=O) groups excluding carboxylic acids is 2. The average molecular weight is 550 g/mol. The van der Waals surface area contributed by atoms with Gasteiger partial charge >= 0.3 is 11.9 Å². The highest BCUT2D eigenvalue weighted by Crippen LogP contribution is 2.33. The van der Waals surface area contributed by atoms with Crippen LogP contribution in [0.2, 0.25) is 0 Å². The zero-order valence-electron chi connectivity index (χ0n) is 21.5. The molecular weight excluding hydrogens is 522 g/mol. The largest absolute Gasteiger partial charge is 0.465 e. The lowest BCUT2D eigenvalue weighted by molar-refractivity contribution is -0.143. The van der Waals surface area contributed by atoms with Crippen LogP contribution < -0.4 is 14.9 Å². The SMILES string of the molecule is CCOC(=O)Cn1c(C)c(/C=c2/sc3n(c2=O)C(c2cccs2)C(C(=O)OCC)=C(C)N=3)c2ccccc21. The Bertz CT molecular complexity index is 1760. The number of aromatic nitrogens is 2. The second-order valence-corrected chi connectivity index (χ2v) is 10.7. The summed E-state index contributed by atoms with van der Waals surface area (Å²) in [4.78, 5) is 45.2. The molecule has 196 valence electrons. The molecule has 38 heavy (non-hydrogen) atoms. The molecule has 0 spiro atoms. The Morgan fingerprint density at radius 3 is 2.55 bits per heavy atom. The number of carbonyl (C=O) groups is 2. The van der Waals surface area contributed by atoms with Crippen LogP contribution in [0.25, 0.3) is 17.0 Å². The van der Waals surface area contributed by atoms with Crippen molar-refractivity contribution < 1.29 is 19.1 Å². The van der Waals surface area contributed by atoms with Crippen molar-refractivity contribution >= 4 is 51.6 Å². The van der Waals surface area contributed by atoms with Gasteiger partial charge in [0.25, 0.3) is 5.56 Å². The van der Waals surface area contributed by atoms with E-state index in [1.165, 1.54) is 22.7 Å². The lowest BCUT2D eigenvalue weighted by Crippen LogP contribution is -2.39. The van der Waals surface area contributed by atoms with Crippen molar-refractivity contribution in [1.82, 2.24) is 9.13 Å². The first-order valence-corrected chi connectivity index (χ1v) is 14.0. The predicted octanol–water partition coefficient (Wildman–Crippen LogP) is 3.69. The first-order chi connectivity index (χ1) is 18.3. The smallest absolute Gasteiger partial charge is 0.338 e. The molecule has 0 saturated heterocycles. The van der Waals surface area contributed by atoms with Crippen molar-refractivity contribution in [3.63, 3.8) is 0 Å². The van der Waals surface area contributed by atoms with E-state index in [0.717, 1.165) is 27.0 Å². The highest BCUT2D eigenvalue weighted by Gasteiger charge is 2.34. The number of benzene rings is 1. The van der Waals surface area contributed by atoms with Crippen LogP contribution in [0.1, 0.15) is 42.9 Å². The Hall–Kier alpha value is -3.76. The molecule has 1 unspecified atom stereocenters. The van der Waals surface area contributed by atoms with Crippen LogP contribution in [0, 0.1) is 6.92 Å². The third kappa shape index (κ3) is 4.43. The van der Waals surface area contributed by atoms with Gasteiger partial charge in [0.05, 0.1) is 29.0 Å². The fraction of sp³-hybridized carbons (Fsp3) is 0.286. The predicted molar refractivity (Wildman–Crippen MR) is 148 cm³/mol. The third-order valence-corrected chi connectivity index (χ3v) is 8.39. The number of fused-ring (bicyclic) bond motifs is 2. The number of nitrogens with zero attached hydrogens (tertiary/aromatic N) is 3. The molecular formula is C28H27N3O5S2. The van der Waals surface area contributed by atoms with Crippen molar-refractivity contribution in [1.29, 1.82) is 0 Å². The Balaban J connectivity index is 1.71. The summed E-state index contributed by atoms with van der Waals surface area (Å²) >= 11 is 2.76. The minimum atomic E-state index is -0.612. The third-order valence-electron chi connectivity index (χ3n) is 6.48. The molecule has 0 fully saturated rings. The molecule has 0 saturated carbocycles. The van der Waals surface area contributed by atoms with E-state index < -0.39 is 12.0 Å². The number of hydrogen-bond donors (Lipinski definition) is 0. The molecule has 0 amide bonds. The molecule has 1 aromatic carbocycles. The summed E-state index contributed by atoms with van der Waals surface area (Å²) in [5, 5.41) is 2.85. The van der Waals surface area contributed by atoms with Crippen molar-refractivity contribution in [2.24, 2.45) is 4.99 Å². The average Bonchev–Trinajstić information content (AvgIpc) is 3.59. The maximum absolute atomic E-state index is 13.9. The molecule has 10 heteroatoms. The van der Waals surface area contributed by atoms with Crippen molar-refractivity contribution in [2.75, 3.05) is 13.2 Å². The van der Waals surface area contributed by atoms with Crippen LogP contribution in [-0.2, 0) is 25.6 Å². The van der Waals surface area contributed by atoms with Crippen LogP contribution in [0.3, 0.4) is 0 Å². The summed E-state index contributed by atoms with van der Waals surface area (Å²) in [6.07, 6.45) is 1.86. The molecule has 3 aromatic heterocycles. The number of esters is 2. The van der Waals surface area contributed by atoms with Gasteiger partial charge in [-0.2, -0.15) is 0 Å². The van der Waals surface area contributed by atoms with Gasteiger partial charge in [0.15, 0.2) is 4.80 Å². The molecule has 0 bridgehead atoms. The van der Waals surface area contributed by atoms with E-state index in [2.05, 4.69) is 4.99 Å². The lowest BCUT2D eigenvalue weighted by Gasteiger charge is -2.23. The van der Waals surface area contributed by atoms with Gasteiger partial charge in [-0.1, -0.05) is 35.6 Å². The maximum atomic E-state index is 13.9. The fourth-order valence-electron chi connectivity index (χ4n) is 4.82. The van der Waals surface area contributed by atoms with Crippen LogP contribution in [0.5, 0.6) is 0 Å². The molecule has 1 atom stereocenters. The number of hydrogen-bond acceptors (Lipinski definition) is 8. The highest BCUT2D eigenvalue weighted by molar-refractivity contribution is 7.10. The summed E-state index contributed by atoms with van der Waals surface area (Å²) < 4.78 is 14.5. The second kappa shape index (κ2) is 10.5. The van der Waals surface area contributed by atoms with E-state index in [-0.39, 0.29) is 24.7 Å². The van der Waals surface area contributed by atoms with Gasteiger partial charge in [-0.3, -0.25) is 14.2 Å². The molecule has 0 aliphatic carbocycles. The minimum absolute atomic E-state index is 0.0791. The monoisotopic (exact) mass is 549 g/mol. The standard InChI is InChI=1S/C28H27N3O5S2/c1-5-35-23(32)15-30-17(4)19(18-10-7-8-11-20(18)30)14-22-26(33)31-25(21-12-9-13-37-21)24(27(34)36-6-2)16(3)29-28(31)38-22/h7-14,25H,5-6,15H2,1-4H3/b22-14+.